The standard InChI is InChI=1S/C22H23NOS2.ClH/c1-23(2)12-7-13-24-15-16-14-19-17-8-3-5-10-20(17)26-21-11-6-4-9-18(21)22(19)25-16;/h3-6,8-11,14H,7,12-13,15H2,1-2H3;1H. The van der Waals surface area contributed by atoms with Crippen LogP contribution in [-0.4, -0.2) is 32.1 Å². The van der Waals surface area contributed by atoms with Crippen molar-refractivity contribution >= 4 is 35.5 Å². The van der Waals surface area contributed by atoms with E-state index in [2.05, 4.69) is 73.6 Å². The van der Waals surface area contributed by atoms with Crippen LogP contribution >= 0.6 is 35.5 Å². The fourth-order valence-corrected chi connectivity index (χ4v) is 5.52. The first-order valence-electron chi connectivity index (χ1n) is 8.94. The topological polar surface area (TPSA) is 12.5 Å². The average molecular weight is 418 g/mol. The molecular weight excluding hydrogens is 394 g/mol. The normalized spacial score (nSPS) is 12.0. The van der Waals surface area contributed by atoms with Gasteiger partial charge in [0.15, 0.2) is 0 Å². The minimum Gasteiger partial charge on any atom is -0.376 e. The predicted molar refractivity (Wildman–Crippen MR) is 119 cm³/mol. The summed E-state index contributed by atoms with van der Waals surface area (Å²) in [7, 11) is 4.20. The molecule has 0 atom stereocenters. The van der Waals surface area contributed by atoms with Gasteiger partial charge in [-0.25, -0.2) is 0 Å². The minimum atomic E-state index is 0. The Bertz CT molecular complexity index is 844. The number of hydrogen-bond acceptors (Lipinski definition) is 4. The van der Waals surface area contributed by atoms with E-state index < -0.39 is 0 Å². The van der Waals surface area contributed by atoms with E-state index in [1.54, 1.807) is 0 Å². The third kappa shape index (κ3) is 4.58. The summed E-state index contributed by atoms with van der Waals surface area (Å²) >= 11 is 3.74. The molecule has 2 aromatic carbocycles. The first kappa shape index (κ1) is 20.4. The fourth-order valence-electron chi connectivity index (χ4n) is 3.21. The summed E-state index contributed by atoms with van der Waals surface area (Å²) in [6.45, 7) is 2.57. The molecule has 142 valence electrons. The van der Waals surface area contributed by atoms with Crippen molar-refractivity contribution in [2.24, 2.45) is 0 Å². The number of benzene rings is 2. The summed E-state index contributed by atoms with van der Waals surface area (Å²) in [6.07, 6.45) is 1.07. The molecule has 2 heterocycles. The van der Waals surface area contributed by atoms with Crippen molar-refractivity contribution in [2.45, 2.75) is 22.8 Å². The monoisotopic (exact) mass is 417 g/mol. The average Bonchev–Trinajstić information content (AvgIpc) is 3.01. The molecule has 0 amide bonds. The molecule has 0 aliphatic carbocycles. The molecule has 0 N–H and O–H groups in total. The first-order valence-corrected chi connectivity index (χ1v) is 10.6. The molecule has 0 saturated heterocycles. The highest BCUT2D eigenvalue weighted by molar-refractivity contribution is 7.99. The molecule has 0 saturated carbocycles. The van der Waals surface area contributed by atoms with E-state index in [9.17, 15) is 0 Å². The van der Waals surface area contributed by atoms with Gasteiger partial charge >= 0.3 is 0 Å². The second kappa shape index (κ2) is 9.26. The molecule has 27 heavy (non-hydrogen) atoms. The van der Waals surface area contributed by atoms with Crippen LogP contribution in [0.4, 0.5) is 0 Å². The van der Waals surface area contributed by atoms with Gasteiger partial charge in [0.05, 0.1) is 6.61 Å². The Morgan fingerprint density at radius 1 is 0.889 bits per heavy atom. The zero-order valence-corrected chi connectivity index (χ0v) is 18.1. The third-order valence-corrected chi connectivity index (χ3v) is 6.74. The maximum Gasteiger partial charge on any atom is 0.0809 e. The van der Waals surface area contributed by atoms with Gasteiger partial charge in [0.25, 0.3) is 0 Å². The van der Waals surface area contributed by atoms with Gasteiger partial charge in [-0.1, -0.05) is 48.2 Å². The first-order chi connectivity index (χ1) is 12.7. The lowest BCUT2D eigenvalue weighted by Gasteiger charge is -2.09. The Hall–Kier alpha value is -1.30. The largest absolute Gasteiger partial charge is 0.376 e. The number of nitrogens with zero attached hydrogens (tertiary/aromatic N) is 1. The Kier molecular flexibility index (Phi) is 7.01. The highest BCUT2D eigenvalue weighted by atomic mass is 35.5. The van der Waals surface area contributed by atoms with Crippen molar-refractivity contribution in [3.63, 3.8) is 0 Å². The lowest BCUT2D eigenvalue weighted by Crippen LogP contribution is -2.14. The quantitative estimate of drug-likeness (QED) is 0.335. The van der Waals surface area contributed by atoms with E-state index in [0.717, 1.165) is 19.6 Å². The van der Waals surface area contributed by atoms with Crippen molar-refractivity contribution in [3.05, 3.63) is 59.5 Å². The minimum absolute atomic E-state index is 0. The summed E-state index contributed by atoms with van der Waals surface area (Å²) in [5.74, 6) is 0. The molecule has 0 bridgehead atoms. The lowest BCUT2D eigenvalue weighted by molar-refractivity contribution is 0.115. The van der Waals surface area contributed by atoms with Crippen molar-refractivity contribution < 1.29 is 4.74 Å². The van der Waals surface area contributed by atoms with Crippen LogP contribution in [0.2, 0.25) is 0 Å². The van der Waals surface area contributed by atoms with Crippen LogP contribution in [-0.2, 0) is 11.3 Å². The van der Waals surface area contributed by atoms with Gasteiger partial charge in [0.2, 0.25) is 0 Å². The maximum atomic E-state index is 5.93. The fraction of sp³-hybridized carbons (Fsp3) is 0.273. The second-order valence-electron chi connectivity index (χ2n) is 6.76. The van der Waals surface area contributed by atoms with Crippen LogP contribution in [0.25, 0.3) is 21.6 Å². The Morgan fingerprint density at radius 2 is 1.56 bits per heavy atom. The summed E-state index contributed by atoms with van der Waals surface area (Å²) in [5, 5.41) is 0. The summed E-state index contributed by atoms with van der Waals surface area (Å²) in [4.78, 5) is 7.53. The molecule has 3 aromatic rings. The zero-order valence-electron chi connectivity index (χ0n) is 15.6. The molecule has 5 heteroatoms. The Balaban J connectivity index is 0.00000210. The highest BCUT2D eigenvalue weighted by Gasteiger charge is 2.22. The molecule has 1 aliphatic rings. The van der Waals surface area contributed by atoms with Crippen molar-refractivity contribution in [3.8, 4) is 21.6 Å². The van der Waals surface area contributed by atoms with E-state index in [4.69, 9.17) is 4.74 Å². The Labute approximate surface area is 176 Å². The van der Waals surface area contributed by atoms with Crippen LogP contribution in [0.15, 0.2) is 64.4 Å². The molecule has 2 nitrogen and oxygen atoms in total. The van der Waals surface area contributed by atoms with E-state index in [1.807, 2.05) is 23.1 Å². The van der Waals surface area contributed by atoms with E-state index >= 15 is 0 Å². The van der Waals surface area contributed by atoms with E-state index in [-0.39, 0.29) is 12.4 Å². The highest BCUT2D eigenvalue weighted by Crippen LogP contribution is 2.50. The van der Waals surface area contributed by atoms with Gasteiger partial charge in [0.1, 0.15) is 0 Å². The Morgan fingerprint density at radius 3 is 2.30 bits per heavy atom. The van der Waals surface area contributed by atoms with E-state index in [0.29, 0.717) is 6.61 Å². The van der Waals surface area contributed by atoms with E-state index in [1.165, 1.54) is 36.2 Å². The second-order valence-corrected chi connectivity index (χ2v) is 8.98. The van der Waals surface area contributed by atoms with Gasteiger partial charge in [0, 0.05) is 37.3 Å². The number of halogens is 1. The van der Waals surface area contributed by atoms with Crippen LogP contribution in [0.3, 0.4) is 0 Å². The van der Waals surface area contributed by atoms with Gasteiger partial charge in [-0.3, -0.25) is 0 Å². The van der Waals surface area contributed by atoms with Gasteiger partial charge in [-0.15, -0.1) is 23.7 Å². The van der Waals surface area contributed by atoms with Gasteiger partial charge in [-0.05, 0) is 50.8 Å². The molecule has 4 rings (SSSR count). The third-order valence-electron chi connectivity index (χ3n) is 4.45. The van der Waals surface area contributed by atoms with Crippen LogP contribution in [0, 0.1) is 0 Å². The van der Waals surface area contributed by atoms with Gasteiger partial charge < -0.3 is 9.64 Å². The van der Waals surface area contributed by atoms with Crippen LogP contribution < -0.4 is 0 Å². The van der Waals surface area contributed by atoms with Crippen molar-refractivity contribution in [1.82, 2.24) is 4.90 Å². The van der Waals surface area contributed by atoms with Crippen molar-refractivity contribution in [1.29, 1.82) is 0 Å². The molecule has 0 unspecified atom stereocenters. The predicted octanol–water partition coefficient (Wildman–Crippen LogP) is 6.44. The molecule has 0 fully saturated rings. The SMILES string of the molecule is CN(C)CCCOCc1cc2c(s1)-c1ccccc1Sc1ccccc1-2.Cl. The number of rotatable bonds is 6. The molecule has 0 radical (unpaired) electrons. The zero-order chi connectivity index (χ0) is 17.9. The number of thiophene rings is 1. The summed E-state index contributed by atoms with van der Waals surface area (Å²) in [6, 6.07) is 19.8. The number of hydrogen-bond donors (Lipinski definition) is 0. The van der Waals surface area contributed by atoms with Crippen molar-refractivity contribution in [2.75, 3.05) is 27.2 Å². The number of fused-ring (bicyclic) bond motifs is 5. The summed E-state index contributed by atoms with van der Waals surface area (Å²) < 4.78 is 5.93. The molecule has 1 aliphatic heterocycles. The molecule has 0 spiro atoms. The van der Waals surface area contributed by atoms with Crippen LogP contribution in [0.5, 0.6) is 0 Å². The number of ether oxygens (including phenoxy) is 1. The smallest absolute Gasteiger partial charge is 0.0809 e. The summed E-state index contributed by atoms with van der Waals surface area (Å²) in [5.41, 5.74) is 4.02. The van der Waals surface area contributed by atoms with Crippen LogP contribution in [0.1, 0.15) is 11.3 Å². The lowest BCUT2D eigenvalue weighted by atomic mass is 10.0. The van der Waals surface area contributed by atoms with Gasteiger partial charge in [-0.2, -0.15) is 0 Å². The molecule has 1 aromatic heterocycles. The maximum absolute atomic E-state index is 5.93. The molecular formula is C22H24ClNOS2.